The van der Waals surface area contributed by atoms with Gasteiger partial charge in [-0.2, -0.15) is 22.0 Å². The van der Waals surface area contributed by atoms with Gasteiger partial charge in [-0.1, -0.05) is 36.5 Å². The first-order chi connectivity index (χ1) is 24.1. The molecular formula is C39H38F5NO6. The maximum atomic E-state index is 15.2. The molecule has 0 aliphatic heterocycles. The fourth-order valence-corrected chi connectivity index (χ4v) is 8.81. The number of halogens is 5. The zero-order valence-electron chi connectivity index (χ0n) is 28.2. The molecule has 0 aromatic heterocycles. The largest absolute Gasteiger partial charge is 0.462 e. The molecule has 51 heavy (non-hydrogen) atoms. The number of amides is 1. The van der Waals surface area contributed by atoms with E-state index < -0.39 is 53.4 Å². The Hall–Kier alpha value is -4.50. The number of fused-ring (bicyclic) bond motifs is 4. The summed E-state index contributed by atoms with van der Waals surface area (Å²) in [7, 11) is 0. The highest BCUT2D eigenvalue weighted by atomic mass is 19.4. The SMILES string of the molecule is CCOC(=O)c1ccc(NC(=O)OCC#Cc2ccc([C@H]3C[C@@]4(C)[C@@H](CC[C@@]4(O)C(F)(F)C(F)(F)F)[C@@H]4CCC5=CC(=O)CCC5=C43)cc2)cc1. The molecule has 5 atom stereocenters. The van der Waals surface area contributed by atoms with Gasteiger partial charge < -0.3 is 14.6 Å². The summed E-state index contributed by atoms with van der Waals surface area (Å²) >= 11 is 0. The van der Waals surface area contributed by atoms with Gasteiger partial charge in [-0.25, -0.2) is 9.59 Å². The molecule has 0 bridgehead atoms. The second-order valence-corrected chi connectivity index (χ2v) is 13.9. The van der Waals surface area contributed by atoms with Crippen LogP contribution in [0.2, 0.25) is 0 Å². The maximum Gasteiger partial charge on any atom is 0.456 e. The third kappa shape index (κ3) is 6.45. The van der Waals surface area contributed by atoms with Gasteiger partial charge in [-0.3, -0.25) is 10.1 Å². The molecule has 0 saturated heterocycles. The predicted octanol–water partition coefficient (Wildman–Crippen LogP) is 8.29. The summed E-state index contributed by atoms with van der Waals surface area (Å²) in [4.78, 5) is 36.3. The number of hydrogen-bond donors (Lipinski definition) is 2. The zero-order valence-corrected chi connectivity index (χ0v) is 28.2. The van der Waals surface area contributed by atoms with Crippen LogP contribution in [0.4, 0.5) is 32.4 Å². The number of alkyl halides is 5. The zero-order chi connectivity index (χ0) is 36.8. The standard InChI is InChI=1S/C39H38F5NO6/c1-3-50-34(47)25-10-13-27(14-11-25)45-35(48)51-20-4-5-23-6-8-24(9-7-23)31-22-36(2)32(18-19-37(36,49)38(40,41)39(42,43)44)30-16-12-26-21-28(46)15-17-29(26)33(30)31/h6-11,13-14,21,30-32,49H,3,12,15-20,22H2,1-2H3,(H,45,48)/t30-,31+,32-,36-,37-/m0/s1. The lowest BCUT2D eigenvalue weighted by Gasteiger charge is -2.56. The number of carbonyl (C=O) groups excluding carboxylic acids is 3. The molecule has 0 heterocycles. The lowest BCUT2D eigenvalue weighted by atomic mass is 9.50. The Morgan fingerprint density at radius 2 is 1.69 bits per heavy atom. The highest BCUT2D eigenvalue weighted by Crippen LogP contribution is 2.70. The van der Waals surface area contributed by atoms with Crippen molar-refractivity contribution in [2.45, 2.75) is 82.4 Å². The van der Waals surface area contributed by atoms with E-state index >= 15 is 8.78 Å². The summed E-state index contributed by atoms with van der Waals surface area (Å²) in [5, 5.41) is 14.0. The van der Waals surface area contributed by atoms with Crippen molar-refractivity contribution in [1.82, 2.24) is 0 Å². The van der Waals surface area contributed by atoms with Crippen LogP contribution >= 0.6 is 0 Å². The van der Waals surface area contributed by atoms with E-state index in [0.29, 0.717) is 48.1 Å². The monoisotopic (exact) mass is 711 g/mol. The molecule has 270 valence electrons. The average molecular weight is 712 g/mol. The van der Waals surface area contributed by atoms with Crippen molar-refractivity contribution in [3.05, 3.63) is 88.0 Å². The number of ether oxygens (including phenoxy) is 2. The molecule has 2 aromatic carbocycles. The van der Waals surface area contributed by atoms with Gasteiger partial charge in [0.05, 0.1) is 12.2 Å². The van der Waals surface area contributed by atoms with Crippen LogP contribution in [0, 0.1) is 29.1 Å². The van der Waals surface area contributed by atoms with E-state index in [1.165, 1.54) is 31.2 Å². The van der Waals surface area contributed by atoms with Crippen LogP contribution in [0.5, 0.6) is 0 Å². The van der Waals surface area contributed by atoms with Crippen LogP contribution in [0.25, 0.3) is 0 Å². The van der Waals surface area contributed by atoms with Gasteiger partial charge in [0.25, 0.3) is 0 Å². The van der Waals surface area contributed by atoms with Crippen LogP contribution in [-0.4, -0.2) is 53.9 Å². The molecule has 2 aromatic rings. The molecule has 0 spiro atoms. The molecule has 1 amide bonds. The number of hydrogen-bond acceptors (Lipinski definition) is 6. The number of carbonyl (C=O) groups is 3. The van der Waals surface area contributed by atoms with E-state index in [1.807, 2.05) is 0 Å². The number of esters is 1. The summed E-state index contributed by atoms with van der Waals surface area (Å²) < 4.78 is 82.0. The van der Waals surface area contributed by atoms with Gasteiger partial charge in [0.1, 0.15) is 5.60 Å². The fourth-order valence-electron chi connectivity index (χ4n) is 8.81. The molecular weight excluding hydrogens is 673 g/mol. The number of nitrogens with one attached hydrogen (secondary N) is 1. The Bertz CT molecular complexity index is 1840. The second-order valence-electron chi connectivity index (χ2n) is 13.9. The molecule has 7 nitrogen and oxygen atoms in total. The van der Waals surface area contributed by atoms with E-state index in [-0.39, 0.29) is 37.8 Å². The van der Waals surface area contributed by atoms with Crippen molar-refractivity contribution in [2.75, 3.05) is 18.5 Å². The Balaban J connectivity index is 1.21. The minimum Gasteiger partial charge on any atom is -0.462 e. The van der Waals surface area contributed by atoms with E-state index in [2.05, 4.69) is 17.2 Å². The summed E-state index contributed by atoms with van der Waals surface area (Å²) in [6.07, 6.45) is -3.96. The number of anilines is 1. The number of rotatable bonds is 6. The molecule has 6 rings (SSSR count). The smallest absolute Gasteiger partial charge is 0.456 e. The highest BCUT2D eigenvalue weighted by Gasteiger charge is 2.79. The quantitative estimate of drug-likeness (QED) is 0.178. The van der Waals surface area contributed by atoms with Crippen molar-refractivity contribution >= 4 is 23.5 Å². The number of ketones is 1. The molecule has 4 aliphatic carbocycles. The van der Waals surface area contributed by atoms with Gasteiger partial charge >= 0.3 is 24.2 Å². The van der Waals surface area contributed by atoms with E-state index in [9.17, 15) is 32.7 Å². The van der Waals surface area contributed by atoms with Gasteiger partial charge in [0, 0.05) is 29.0 Å². The minimum atomic E-state index is -5.91. The molecule has 0 unspecified atom stereocenters. The number of aliphatic hydroxyl groups is 1. The van der Waals surface area contributed by atoms with Crippen molar-refractivity contribution in [3.8, 4) is 11.8 Å². The van der Waals surface area contributed by atoms with Crippen LogP contribution < -0.4 is 5.32 Å². The molecule has 2 N–H and O–H groups in total. The third-order valence-corrected chi connectivity index (χ3v) is 11.2. The van der Waals surface area contributed by atoms with Crippen LogP contribution in [0.1, 0.15) is 86.2 Å². The Morgan fingerprint density at radius 3 is 2.35 bits per heavy atom. The van der Waals surface area contributed by atoms with Crippen molar-refractivity contribution in [3.63, 3.8) is 0 Å². The lowest BCUT2D eigenvalue weighted by molar-refractivity contribution is -0.362. The molecule has 0 radical (unpaired) electrons. The van der Waals surface area contributed by atoms with Crippen LogP contribution in [0.3, 0.4) is 0 Å². The number of benzene rings is 2. The van der Waals surface area contributed by atoms with E-state index in [4.69, 9.17) is 9.47 Å². The summed E-state index contributed by atoms with van der Waals surface area (Å²) in [5.41, 5.74) is -0.158. The topological polar surface area (TPSA) is 102 Å². The Kier molecular flexibility index (Phi) is 9.65. The molecule has 2 saturated carbocycles. The molecule has 12 heteroatoms. The minimum absolute atomic E-state index is 0.0131. The van der Waals surface area contributed by atoms with Crippen molar-refractivity contribution in [2.24, 2.45) is 17.3 Å². The highest BCUT2D eigenvalue weighted by molar-refractivity contribution is 5.93. The first-order valence-corrected chi connectivity index (χ1v) is 17.0. The summed E-state index contributed by atoms with van der Waals surface area (Å²) in [5.74, 6) is -1.57. The third-order valence-electron chi connectivity index (χ3n) is 11.2. The van der Waals surface area contributed by atoms with Crippen molar-refractivity contribution in [1.29, 1.82) is 0 Å². The first kappa shape index (κ1) is 36.3. The molecule has 4 aliphatic rings. The summed E-state index contributed by atoms with van der Waals surface area (Å²) in [6.45, 7) is 3.09. The maximum absolute atomic E-state index is 15.2. The van der Waals surface area contributed by atoms with Crippen LogP contribution in [0.15, 0.2) is 71.3 Å². The van der Waals surface area contributed by atoms with Gasteiger partial charge in [-0.15, -0.1) is 0 Å². The normalized spacial score (nSPS) is 27.3. The first-order valence-electron chi connectivity index (χ1n) is 17.0. The van der Waals surface area contributed by atoms with E-state index in [0.717, 1.165) is 16.7 Å². The van der Waals surface area contributed by atoms with Crippen LogP contribution in [-0.2, 0) is 14.3 Å². The predicted molar refractivity (Wildman–Crippen MR) is 177 cm³/mol. The van der Waals surface area contributed by atoms with Gasteiger partial charge in [0.15, 0.2) is 12.4 Å². The second kappa shape index (κ2) is 13.6. The van der Waals surface area contributed by atoms with E-state index in [1.54, 1.807) is 37.3 Å². The Labute approximate surface area is 292 Å². The number of allylic oxidation sites excluding steroid dienone is 4. The fraction of sp³-hybridized carbons (Fsp3) is 0.462. The van der Waals surface area contributed by atoms with Crippen molar-refractivity contribution < 1.29 is 50.9 Å². The lowest BCUT2D eigenvalue weighted by Crippen LogP contribution is -2.65. The van der Waals surface area contributed by atoms with Gasteiger partial charge in [-0.05, 0) is 116 Å². The van der Waals surface area contributed by atoms with Gasteiger partial charge in [0.2, 0.25) is 0 Å². The average Bonchev–Trinajstić information content (AvgIpc) is 3.37. The Morgan fingerprint density at radius 1 is 0.980 bits per heavy atom. The molecule has 2 fully saturated rings. The summed E-state index contributed by atoms with van der Waals surface area (Å²) in [6, 6.07) is 13.0.